The number of carboxylic acids is 1. The van der Waals surface area contributed by atoms with E-state index in [9.17, 15) is 4.79 Å². The van der Waals surface area contributed by atoms with Gasteiger partial charge in [-0.15, -0.1) is 0 Å². The van der Waals surface area contributed by atoms with Crippen LogP contribution in [0.5, 0.6) is 0 Å². The van der Waals surface area contributed by atoms with Crippen molar-refractivity contribution in [2.24, 2.45) is 0 Å². The molecule has 0 unspecified atom stereocenters. The third-order valence-electron chi connectivity index (χ3n) is 3.24. The second-order valence-electron chi connectivity index (χ2n) is 4.97. The summed E-state index contributed by atoms with van der Waals surface area (Å²) in [6.07, 6.45) is 5.26. The number of benzene rings is 1. The van der Waals surface area contributed by atoms with E-state index in [1.165, 1.54) is 30.2 Å². The minimum Gasteiger partial charge on any atom is -0.481 e. The molecule has 5 heteroatoms. The Kier molecular flexibility index (Phi) is 5.44. The molecule has 0 fully saturated rings. The molecule has 21 heavy (non-hydrogen) atoms. The van der Waals surface area contributed by atoms with Gasteiger partial charge in [0.05, 0.1) is 5.75 Å². The van der Waals surface area contributed by atoms with Crippen LogP contribution in [0.3, 0.4) is 0 Å². The Labute approximate surface area is 129 Å². The molecule has 0 aliphatic heterocycles. The number of hydrogen-bond acceptors (Lipinski definition) is 3. The van der Waals surface area contributed by atoms with Gasteiger partial charge < -0.3 is 5.11 Å². The first kappa shape index (κ1) is 15.6. The predicted molar refractivity (Wildman–Crippen MR) is 85.3 cm³/mol. The van der Waals surface area contributed by atoms with E-state index in [4.69, 9.17) is 5.11 Å². The van der Waals surface area contributed by atoms with Crippen molar-refractivity contribution >= 4 is 17.7 Å². The first-order valence-electron chi connectivity index (χ1n) is 7.10. The number of imidazole rings is 1. The second kappa shape index (κ2) is 7.31. The number of rotatable bonds is 7. The molecule has 0 amide bonds. The quantitative estimate of drug-likeness (QED) is 0.792. The van der Waals surface area contributed by atoms with Gasteiger partial charge >= 0.3 is 5.97 Å². The summed E-state index contributed by atoms with van der Waals surface area (Å²) >= 11 is 1.24. The van der Waals surface area contributed by atoms with Gasteiger partial charge in [-0.1, -0.05) is 37.2 Å². The number of nitrogens with zero attached hydrogens (tertiary/aromatic N) is 2. The van der Waals surface area contributed by atoms with Crippen LogP contribution < -0.4 is 0 Å². The highest BCUT2D eigenvalue weighted by Gasteiger charge is 2.11. The average Bonchev–Trinajstić information content (AvgIpc) is 2.84. The fourth-order valence-corrected chi connectivity index (χ4v) is 2.91. The molecule has 4 nitrogen and oxygen atoms in total. The number of aromatic nitrogens is 2. The number of unbranched alkanes of at least 4 members (excludes halogenated alkanes) is 1. The standard InChI is InChI=1S/C16H20N2O2S/c1-3-4-5-13-6-8-14(9-7-13)18-12(2)10-17-16(18)21-11-15(19)20/h6-10H,3-5,11H2,1-2H3,(H,19,20). The van der Waals surface area contributed by atoms with Crippen LogP contribution in [0, 0.1) is 6.92 Å². The van der Waals surface area contributed by atoms with Crippen molar-refractivity contribution in [1.29, 1.82) is 0 Å². The van der Waals surface area contributed by atoms with Crippen molar-refractivity contribution in [3.05, 3.63) is 41.7 Å². The van der Waals surface area contributed by atoms with Crippen LogP contribution in [0.4, 0.5) is 0 Å². The van der Waals surface area contributed by atoms with Gasteiger partial charge in [-0.3, -0.25) is 9.36 Å². The van der Waals surface area contributed by atoms with E-state index >= 15 is 0 Å². The third-order valence-corrected chi connectivity index (χ3v) is 4.18. The Morgan fingerprint density at radius 1 is 1.33 bits per heavy atom. The lowest BCUT2D eigenvalue weighted by molar-refractivity contribution is -0.133. The summed E-state index contributed by atoms with van der Waals surface area (Å²) < 4.78 is 2.00. The molecular weight excluding hydrogens is 284 g/mol. The molecule has 1 N–H and O–H groups in total. The van der Waals surface area contributed by atoms with Gasteiger partial charge in [-0.05, 0) is 37.5 Å². The molecule has 0 atom stereocenters. The Balaban J connectivity index is 2.20. The normalized spacial score (nSPS) is 10.8. The number of carbonyl (C=O) groups is 1. The second-order valence-corrected chi connectivity index (χ2v) is 5.91. The van der Waals surface area contributed by atoms with Crippen LogP contribution in [-0.4, -0.2) is 26.4 Å². The van der Waals surface area contributed by atoms with E-state index in [-0.39, 0.29) is 5.75 Å². The van der Waals surface area contributed by atoms with Crippen LogP contribution >= 0.6 is 11.8 Å². The number of aryl methyl sites for hydroxylation is 2. The fourth-order valence-electron chi connectivity index (χ4n) is 2.15. The highest BCUT2D eigenvalue weighted by molar-refractivity contribution is 7.99. The maximum atomic E-state index is 10.7. The molecule has 112 valence electrons. The van der Waals surface area contributed by atoms with Crippen molar-refractivity contribution in [2.75, 3.05) is 5.75 Å². The smallest absolute Gasteiger partial charge is 0.313 e. The molecule has 2 aromatic rings. The van der Waals surface area contributed by atoms with Gasteiger partial charge in [-0.25, -0.2) is 4.98 Å². The van der Waals surface area contributed by atoms with Crippen molar-refractivity contribution in [3.63, 3.8) is 0 Å². The van der Waals surface area contributed by atoms with E-state index in [2.05, 4.69) is 36.2 Å². The van der Waals surface area contributed by atoms with Crippen LogP contribution in [0.1, 0.15) is 31.0 Å². The highest BCUT2D eigenvalue weighted by Crippen LogP contribution is 2.23. The summed E-state index contributed by atoms with van der Waals surface area (Å²) in [5, 5.41) is 9.52. The largest absolute Gasteiger partial charge is 0.481 e. The van der Waals surface area contributed by atoms with Crippen molar-refractivity contribution < 1.29 is 9.90 Å². The molecule has 1 aromatic heterocycles. The third kappa shape index (κ3) is 4.11. The first-order valence-corrected chi connectivity index (χ1v) is 8.08. The lowest BCUT2D eigenvalue weighted by Gasteiger charge is -2.10. The Morgan fingerprint density at radius 2 is 2.05 bits per heavy atom. The summed E-state index contributed by atoms with van der Waals surface area (Å²) in [4.78, 5) is 15.0. The fraction of sp³-hybridized carbons (Fsp3) is 0.375. The van der Waals surface area contributed by atoms with E-state index in [0.29, 0.717) is 0 Å². The monoisotopic (exact) mass is 304 g/mol. The van der Waals surface area contributed by atoms with Crippen LogP contribution in [-0.2, 0) is 11.2 Å². The van der Waals surface area contributed by atoms with Crippen molar-refractivity contribution in [2.45, 2.75) is 38.3 Å². The maximum absolute atomic E-state index is 10.7. The minimum absolute atomic E-state index is 0.0189. The lowest BCUT2D eigenvalue weighted by Crippen LogP contribution is -2.03. The number of carboxylic acid groups (broad SMARTS) is 1. The van der Waals surface area contributed by atoms with Crippen LogP contribution in [0.2, 0.25) is 0 Å². The van der Waals surface area contributed by atoms with Gasteiger partial charge in [0.15, 0.2) is 5.16 Å². The maximum Gasteiger partial charge on any atom is 0.313 e. The number of hydrogen-bond donors (Lipinski definition) is 1. The number of thioether (sulfide) groups is 1. The molecule has 0 radical (unpaired) electrons. The van der Waals surface area contributed by atoms with Crippen LogP contribution in [0.15, 0.2) is 35.6 Å². The van der Waals surface area contributed by atoms with E-state index in [1.807, 2.05) is 11.5 Å². The van der Waals surface area contributed by atoms with Crippen LogP contribution in [0.25, 0.3) is 5.69 Å². The predicted octanol–water partition coefficient (Wildman–Crippen LogP) is 3.70. The zero-order valence-electron chi connectivity index (χ0n) is 12.4. The van der Waals surface area contributed by atoms with Gasteiger partial charge in [0.2, 0.25) is 0 Å². The molecule has 0 aliphatic rings. The molecule has 0 saturated heterocycles. The molecule has 0 aliphatic carbocycles. The molecule has 0 spiro atoms. The minimum atomic E-state index is -0.831. The molecule has 1 aromatic carbocycles. The van der Waals surface area contributed by atoms with Gasteiger partial charge in [0.1, 0.15) is 0 Å². The van der Waals surface area contributed by atoms with Gasteiger partial charge in [0, 0.05) is 17.6 Å². The molecule has 0 saturated carbocycles. The Morgan fingerprint density at radius 3 is 2.67 bits per heavy atom. The van der Waals surface area contributed by atoms with Gasteiger partial charge in [0.25, 0.3) is 0 Å². The highest BCUT2D eigenvalue weighted by atomic mass is 32.2. The SMILES string of the molecule is CCCCc1ccc(-n2c(C)cnc2SCC(=O)O)cc1. The molecule has 2 rings (SSSR count). The van der Waals surface area contributed by atoms with E-state index in [0.717, 1.165) is 23.0 Å². The summed E-state index contributed by atoms with van der Waals surface area (Å²) in [7, 11) is 0. The number of aliphatic carboxylic acids is 1. The Hall–Kier alpha value is -1.75. The lowest BCUT2D eigenvalue weighted by atomic mass is 10.1. The molecule has 0 bridgehead atoms. The summed E-state index contributed by atoms with van der Waals surface area (Å²) in [5.74, 6) is -0.812. The zero-order chi connectivity index (χ0) is 15.2. The van der Waals surface area contributed by atoms with E-state index in [1.54, 1.807) is 6.20 Å². The topological polar surface area (TPSA) is 55.1 Å². The average molecular weight is 304 g/mol. The summed E-state index contributed by atoms with van der Waals surface area (Å²) in [6.45, 7) is 4.16. The van der Waals surface area contributed by atoms with Crippen molar-refractivity contribution in [3.8, 4) is 5.69 Å². The van der Waals surface area contributed by atoms with E-state index < -0.39 is 5.97 Å². The van der Waals surface area contributed by atoms with Gasteiger partial charge in [-0.2, -0.15) is 0 Å². The first-order chi connectivity index (χ1) is 10.1. The molecular formula is C16H20N2O2S. The molecule has 1 heterocycles. The Bertz CT molecular complexity index is 605. The zero-order valence-corrected chi connectivity index (χ0v) is 13.2. The summed E-state index contributed by atoms with van der Waals surface area (Å²) in [5.41, 5.74) is 3.36. The van der Waals surface area contributed by atoms with Crippen molar-refractivity contribution in [1.82, 2.24) is 9.55 Å². The summed E-state index contributed by atoms with van der Waals surface area (Å²) in [6, 6.07) is 8.42.